The number of hydrazone groups is 1. The lowest BCUT2D eigenvalue weighted by molar-refractivity contribution is -0.384. The molecule has 0 radical (unpaired) electrons. The normalized spacial score (nSPS) is 10.1. The largest absolute Gasteiger partial charge is 0.478 e. The molecule has 8 heteroatoms. The van der Waals surface area contributed by atoms with Crippen LogP contribution in [0, 0.1) is 21.4 Å². The molecule has 0 aliphatic heterocycles. The van der Waals surface area contributed by atoms with E-state index in [1.54, 1.807) is 24.3 Å². The van der Waals surface area contributed by atoms with Gasteiger partial charge in [-0.05, 0) is 18.2 Å². The van der Waals surface area contributed by atoms with Gasteiger partial charge in [0.25, 0.3) is 11.6 Å². The van der Waals surface area contributed by atoms with Gasteiger partial charge < -0.3 is 4.74 Å². The maximum atomic E-state index is 11.9. The topological polar surface area (TPSA) is 118 Å². The van der Waals surface area contributed by atoms with Crippen LogP contribution in [0.25, 0.3) is 0 Å². The summed E-state index contributed by atoms with van der Waals surface area (Å²) >= 11 is 0. The van der Waals surface area contributed by atoms with Gasteiger partial charge in [-0.15, -0.1) is 0 Å². The van der Waals surface area contributed by atoms with E-state index in [-0.39, 0.29) is 17.9 Å². The third-order valence-electron chi connectivity index (χ3n) is 2.90. The van der Waals surface area contributed by atoms with Crippen LogP contribution in [0.3, 0.4) is 0 Å². The fourth-order valence-electron chi connectivity index (χ4n) is 1.81. The number of rotatable bonds is 6. The summed E-state index contributed by atoms with van der Waals surface area (Å²) in [6.07, 6.45) is 1.36. The van der Waals surface area contributed by atoms with Crippen molar-refractivity contribution in [3.63, 3.8) is 0 Å². The zero-order valence-electron chi connectivity index (χ0n) is 12.4. The molecule has 0 unspecified atom stereocenters. The van der Waals surface area contributed by atoms with Crippen LogP contribution < -0.4 is 10.2 Å². The van der Waals surface area contributed by atoms with Crippen LogP contribution in [0.4, 0.5) is 5.69 Å². The summed E-state index contributed by atoms with van der Waals surface area (Å²) in [5.41, 5.74) is 2.80. The van der Waals surface area contributed by atoms with Crippen molar-refractivity contribution in [3.05, 3.63) is 69.8 Å². The second kappa shape index (κ2) is 8.05. The summed E-state index contributed by atoms with van der Waals surface area (Å²) in [4.78, 5) is 22.1. The van der Waals surface area contributed by atoms with E-state index in [2.05, 4.69) is 10.5 Å². The summed E-state index contributed by atoms with van der Waals surface area (Å²) in [5, 5.41) is 23.1. The SMILES string of the molecule is N#CCOc1ccccc1/C=N/NC(=O)c1cccc([N+](=O)[O-])c1. The molecule has 0 aliphatic rings. The predicted octanol–water partition coefficient (Wildman–Crippen LogP) is 2.26. The quantitative estimate of drug-likeness (QED) is 0.497. The van der Waals surface area contributed by atoms with Gasteiger partial charge in [-0.3, -0.25) is 14.9 Å². The molecule has 0 heterocycles. The summed E-state index contributed by atoms with van der Waals surface area (Å²) in [5.74, 6) is -0.127. The average Bonchev–Trinajstić information content (AvgIpc) is 2.60. The van der Waals surface area contributed by atoms with E-state index in [9.17, 15) is 14.9 Å². The summed E-state index contributed by atoms with van der Waals surface area (Å²) in [6, 6.07) is 14.0. The highest BCUT2D eigenvalue weighted by Crippen LogP contribution is 2.16. The van der Waals surface area contributed by atoms with Gasteiger partial charge in [-0.25, -0.2) is 5.43 Å². The van der Waals surface area contributed by atoms with Crippen LogP contribution in [0.15, 0.2) is 53.6 Å². The number of non-ortho nitro benzene ring substituents is 1. The lowest BCUT2D eigenvalue weighted by Gasteiger charge is -2.05. The fraction of sp³-hybridized carbons (Fsp3) is 0.0625. The Morgan fingerprint density at radius 3 is 2.88 bits per heavy atom. The van der Waals surface area contributed by atoms with E-state index in [0.29, 0.717) is 11.3 Å². The molecule has 0 atom stereocenters. The Morgan fingerprint density at radius 2 is 2.12 bits per heavy atom. The van der Waals surface area contributed by atoms with Crippen LogP contribution in [-0.4, -0.2) is 23.7 Å². The number of carbonyl (C=O) groups excluding carboxylic acids is 1. The molecule has 0 saturated heterocycles. The molecular formula is C16H12N4O4. The molecule has 0 bridgehead atoms. The standard InChI is InChI=1S/C16H12N4O4/c17-8-9-24-15-7-2-1-4-13(15)11-18-19-16(21)12-5-3-6-14(10-12)20(22)23/h1-7,10-11H,9H2,(H,19,21)/b18-11+. The van der Waals surface area contributed by atoms with E-state index < -0.39 is 10.8 Å². The Morgan fingerprint density at radius 1 is 1.33 bits per heavy atom. The minimum Gasteiger partial charge on any atom is -0.478 e. The van der Waals surface area contributed by atoms with Crippen molar-refractivity contribution in [1.82, 2.24) is 5.43 Å². The third-order valence-corrected chi connectivity index (χ3v) is 2.90. The molecule has 2 rings (SSSR count). The first-order valence-corrected chi connectivity index (χ1v) is 6.78. The van der Waals surface area contributed by atoms with Gasteiger partial charge >= 0.3 is 0 Å². The molecule has 120 valence electrons. The zero-order valence-corrected chi connectivity index (χ0v) is 12.4. The third kappa shape index (κ3) is 4.38. The molecule has 8 nitrogen and oxygen atoms in total. The van der Waals surface area contributed by atoms with E-state index in [4.69, 9.17) is 10.00 Å². The lowest BCUT2D eigenvalue weighted by atomic mass is 10.2. The van der Waals surface area contributed by atoms with Crippen LogP contribution in [0.1, 0.15) is 15.9 Å². The van der Waals surface area contributed by atoms with Gasteiger partial charge in [0.05, 0.1) is 11.1 Å². The van der Waals surface area contributed by atoms with Crippen LogP contribution in [0.2, 0.25) is 0 Å². The minimum atomic E-state index is -0.581. The van der Waals surface area contributed by atoms with Crippen molar-refractivity contribution in [3.8, 4) is 11.8 Å². The minimum absolute atomic E-state index is 0.106. The summed E-state index contributed by atoms with van der Waals surface area (Å²) < 4.78 is 5.23. The molecule has 2 aromatic carbocycles. The van der Waals surface area contributed by atoms with Crippen LogP contribution in [0.5, 0.6) is 5.75 Å². The van der Waals surface area contributed by atoms with Crippen molar-refractivity contribution in [1.29, 1.82) is 5.26 Å². The number of para-hydroxylation sites is 1. The van der Waals surface area contributed by atoms with Gasteiger partial charge in [0, 0.05) is 23.3 Å². The summed E-state index contributed by atoms with van der Waals surface area (Å²) in [7, 11) is 0. The molecule has 0 aromatic heterocycles. The molecule has 0 fully saturated rings. The number of nitro groups is 1. The van der Waals surface area contributed by atoms with Gasteiger partial charge in [-0.2, -0.15) is 10.4 Å². The maximum absolute atomic E-state index is 11.9. The molecule has 0 aliphatic carbocycles. The van der Waals surface area contributed by atoms with E-state index >= 15 is 0 Å². The van der Waals surface area contributed by atoms with Crippen LogP contribution >= 0.6 is 0 Å². The van der Waals surface area contributed by atoms with Gasteiger partial charge in [0.15, 0.2) is 6.61 Å². The Balaban J connectivity index is 2.07. The fourth-order valence-corrected chi connectivity index (χ4v) is 1.81. The zero-order chi connectivity index (χ0) is 17.4. The number of nitrogens with one attached hydrogen (secondary N) is 1. The van der Waals surface area contributed by atoms with E-state index in [1.165, 1.54) is 24.4 Å². The van der Waals surface area contributed by atoms with Gasteiger partial charge in [0.2, 0.25) is 0 Å². The first-order chi connectivity index (χ1) is 11.6. The van der Waals surface area contributed by atoms with Gasteiger partial charge in [0.1, 0.15) is 11.8 Å². The van der Waals surface area contributed by atoms with Crippen molar-refractivity contribution >= 4 is 17.8 Å². The van der Waals surface area contributed by atoms with Crippen molar-refractivity contribution in [2.45, 2.75) is 0 Å². The summed E-state index contributed by atoms with van der Waals surface area (Å²) in [6.45, 7) is -0.106. The monoisotopic (exact) mass is 324 g/mol. The Labute approximate surface area is 137 Å². The number of hydrogen-bond donors (Lipinski definition) is 1. The van der Waals surface area contributed by atoms with Crippen LogP contribution in [-0.2, 0) is 0 Å². The van der Waals surface area contributed by atoms with Gasteiger partial charge in [-0.1, -0.05) is 18.2 Å². The Hall–Kier alpha value is -3.73. The number of nitro benzene ring substituents is 1. The lowest BCUT2D eigenvalue weighted by Crippen LogP contribution is -2.17. The predicted molar refractivity (Wildman–Crippen MR) is 85.7 cm³/mol. The second-order valence-corrected chi connectivity index (χ2v) is 4.49. The molecule has 2 aromatic rings. The maximum Gasteiger partial charge on any atom is 0.271 e. The Bertz CT molecular complexity index is 827. The first kappa shape index (κ1) is 16.6. The van der Waals surface area contributed by atoms with Crippen molar-refractivity contribution in [2.75, 3.05) is 6.61 Å². The Kier molecular flexibility index (Phi) is 5.58. The van der Waals surface area contributed by atoms with E-state index in [1.807, 2.05) is 6.07 Å². The van der Waals surface area contributed by atoms with E-state index in [0.717, 1.165) is 6.07 Å². The van der Waals surface area contributed by atoms with Crippen molar-refractivity contribution in [2.24, 2.45) is 5.10 Å². The number of benzene rings is 2. The smallest absolute Gasteiger partial charge is 0.271 e. The first-order valence-electron chi connectivity index (χ1n) is 6.78. The van der Waals surface area contributed by atoms with Crippen molar-refractivity contribution < 1.29 is 14.5 Å². The number of hydrogen-bond acceptors (Lipinski definition) is 6. The molecule has 0 spiro atoms. The average molecular weight is 324 g/mol. The molecule has 24 heavy (non-hydrogen) atoms. The highest BCUT2D eigenvalue weighted by Gasteiger charge is 2.10. The second-order valence-electron chi connectivity index (χ2n) is 4.49. The molecule has 1 N–H and O–H groups in total. The highest BCUT2D eigenvalue weighted by molar-refractivity contribution is 5.95. The highest BCUT2D eigenvalue weighted by atomic mass is 16.6. The number of ether oxygens (including phenoxy) is 1. The molecule has 1 amide bonds. The number of nitriles is 1. The molecular weight excluding hydrogens is 312 g/mol. The number of carbonyl (C=O) groups is 1. The number of amides is 1. The molecule has 0 saturated carbocycles. The number of nitrogens with zero attached hydrogens (tertiary/aromatic N) is 3.